The van der Waals surface area contributed by atoms with Gasteiger partial charge in [-0.3, -0.25) is 0 Å². The molecule has 0 atom stereocenters. The number of hydrogen-bond donors (Lipinski definition) is 0. The molecule has 0 nitrogen and oxygen atoms in total. The molecule has 0 N–H and O–H groups in total. The van der Waals surface area contributed by atoms with Crippen molar-refractivity contribution in [2.45, 2.75) is 81.5 Å². The van der Waals surface area contributed by atoms with Gasteiger partial charge in [-0.25, -0.2) is 0 Å². The fourth-order valence-electron chi connectivity index (χ4n) is 3.30. The lowest BCUT2D eigenvalue weighted by atomic mass is 10.2. The predicted octanol–water partition coefficient (Wildman–Crippen LogP) is 6.91. The third-order valence-corrected chi connectivity index (χ3v) is 13.1. The lowest BCUT2D eigenvalue weighted by molar-refractivity contribution is 0.870. The highest BCUT2D eigenvalue weighted by Gasteiger charge is 2.30. The zero-order valence-corrected chi connectivity index (χ0v) is 21.0. The van der Waals surface area contributed by atoms with Crippen LogP contribution in [-0.2, 0) is 0 Å². The highest BCUT2D eigenvalue weighted by Crippen LogP contribution is 2.30. The average Bonchev–Trinajstić information content (AvgIpc) is 2.50. The van der Waals surface area contributed by atoms with E-state index < -0.39 is 16.1 Å². The van der Waals surface area contributed by atoms with Crippen molar-refractivity contribution in [3.8, 4) is 0 Å². The Bertz CT molecular complexity index is 496. The van der Waals surface area contributed by atoms with Crippen LogP contribution in [0.2, 0.25) is 38.3 Å². The van der Waals surface area contributed by atoms with Crippen LogP contribution < -0.4 is 10.4 Å². The summed E-state index contributed by atoms with van der Waals surface area (Å²) in [6, 6.07) is 10.2. The summed E-state index contributed by atoms with van der Waals surface area (Å²) in [5.41, 5.74) is 1.49. The molecule has 4 heteroatoms. The maximum absolute atomic E-state index is 3.80. The van der Waals surface area contributed by atoms with E-state index >= 15 is 0 Å². The highest BCUT2D eigenvalue weighted by molar-refractivity contribution is 9.24. The van der Waals surface area contributed by atoms with E-state index in [0.29, 0.717) is 0 Å². The molecule has 0 fully saturated rings. The van der Waals surface area contributed by atoms with E-state index in [9.17, 15) is 0 Å². The van der Waals surface area contributed by atoms with Gasteiger partial charge in [0.25, 0.3) is 0 Å². The summed E-state index contributed by atoms with van der Waals surface area (Å²) in [4.78, 5) is 0. The van der Waals surface area contributed by atoms with Crippen LogP contribution in [-0.4, -0.2) is 16.1 Å². The second-order valence-electron chi connectivity index (χ2n) is 8.08. The van der Waals surface area contributed by atoms with Crippen molar-refractivity contribution in [3.05, 3.63) is 23.8 Å². The van der Waals surface area contributed by atoms with Crippen molar-refractivity contribution in [1.82, 2.24) is 0 Å². The molecule has 23 heavy (non-hydrogen) atoms. The lowest BCUT2D eigenvalue weighted by Gasteiger charge is -2.30. The van der Waals surface area contributed by atoms with Gasteiger partial charge < -0.3 is 0 Å². The summed E-state index contributed by atoms with van der Waals surface area (Å²) in [5.74, 6) is 0. The van der Waals surface area contributed by atoms with E-state index in [4.69, 9.17) is 0 Å². The van der Waals surface area contributed by atoms with E-state index in [1.165, 1.54) is 43.3 Å². The quantitative estimate of drug-likeness (QED) is 0.267. The first-order valence-corrected chi connectivity index (χ1v) is 17.3. The second kappa shape index (κ2) is 9.35. The Morgan fingerprint density at radius 2 is 1.39 bits per heavy atom. The molecule has 0 aromatic heterocycles. The van der Waals surface area contributed by atoms with E-state index in [0.717, 1.165) is 0 Å². The molecule has 0 heterocycles. The molecule has 0 saturated heterocycles. The van der Waals surface area contributed by atoms with Crippen molar-refractivity contribution < 1.29 is 0 Å². The van der Waals surface area contributed by atoms with Gasteiger partial charge in [-0.05, 0) is 5.56 Å². The predicted molar refractivity (Wildman–Crippen MR) is 121 cm³/mol. The van der Waals surface area contributed by atoms with Gasteiger partial charge in [0, 0.05) is 0 Å². The van der Waals surface area contributed by atoms with Crippen LogP contribution in [0, 0.1) is 0 Å². The highest BCUT2D eigenvalue weighted by atomic mass is 79.9. The summed E-state index contributed by atoms with van der Waals surface area (Å²) in [6.07, 6.45) is 5.32. The van der Waals surface area contributed by atoms with Crippen molar-refractivity contribution >= 4 is 58.4 Å². The maximum atomic E-state index is 3.80. The fraction of sp³-hybridized carbons (Fsp3) is 0.684. The van der Waals surface area contributed by atoms with E-state index in [2.05, 4.69) is 90.1 Å². The van der Waals surface area contributed by atoms with Gasteiger partial charge in [-0.1, -0.05) is 138 Å². The minimum absolute atomic E-state index is 0.273. The minimum Gasteiger partial charge on any atom is -0.0712 e. The Hall–Kier alpha value is 0.614. The molecule has 1 aromatic carbocycles. The molecule has 0 spiro atoms. The van der Waals surface area contributed by atoms with Crippen LogP contribution in [0.25, 0.3) is 0 Å². The van der Waals surface area contributed by atoms with Crippen LogP contribution in [0.3, 0.4) is 0 Å². The van der Waals surface area contributed by atoms with Gasteiger partial charge in [0.05, 0.1) is 19.9 Å². The largest absolute Gasteiger partial charge is 0.0945 e. The smallest absolute Gasteiger partial charge is 0.0712 e. The molecule has 0 radical (unpaired) electrons. The van der Waals surface area contributed by atoms with Crippen molar-refractivity contribution in [3.63, 3.8) is 0 Å². The third-order valence-electron chi connectivity index (χ3n) is 5.11. The van der Waals surface area contributed by atoms with Gasteiger partial charge in [0.2, 0.25) is 0 Å². The van der Waals surface area contributed by atoms with Crippen LogP contribution >= 0.6 is 31.9 Å². The molecule has 0 saturated carbocycles. The average molecular weight is 478 g/mol. The van der Waals surface area contributed by atoms with Crippen LogP contribution in [0.5, 0.6) is 0 Å². The van der Waals surface area contributed by atoms with Gasteiger partial charge >= 0.3 is 0 Å². The van der Waals surface area contributed by atoms with Crippen molar-refractivity contribution in [1.29, 1.82) is 0 Å². The van der Waals surface area contributed by atoms with Gasteiger partial charge in [0.15, 0.2) is 0 Å². The number of alkyl halides is 2. The number of hydrogen-bond acceptors (Lipinski definition) is 0. The third kappa shape index (κ3) is 6.12. The lowest BCUT2D eigenvalue weighted by Crippen LogP contribution is -2.47. The molecule has 1 aromatic rings. The summed E-state index contributed by atoms with van der Waals surface area (Å²) < 4.78 is 0.273. The number of rotatable bonds is 9. The number of unbranched alkanes of at least 4 members (excludes halogenated alkanes) is 2. The SMILES string of the molecule is CCCC[Si](C)(C)c1ccc([Si](C)(C)CCCC)c(C(Br)Br)c1. The Morgan fingerprint density at radius 3 is 1.87 bits per heavy atom. The Labute approximate surface area is 163 Å². The molecule has 0 amide bonds. The molecule has 0 aliphatic carbocycles. The van der Waals surface area contributed by atoms with Gasteiger partial charge in [-0.2, -0.15) is 0 Å². The first-order chi connectivity index (χ1) is 10.7. The zero-order chi connectivity index (χ0) is 17.7. The van der Waals surface area contributed by atoms with Gasteiger partial charge in [0.1, 0.15) is 0 Å². The number of benzene rings is 1. The molecule has 0 unspecified atom stereocenters. The molecule has 0 aliphatic rings. The molecule has 132 valence electrons. The first-order valence-electron chi connectivity index (χ1n) is 9.08. The normalized spacial score (nSPS) is 12.9. The van der Waals surface area contributed by atoms with Crippen LogP contribution in [0.4, 0.5) is 0 Å². The van der Waals surface area contributed by atoms with E-state index in [-0.39, 0.29) is 3.74 Å². The second-order valence-corrected chi connectivity index (χ2v) is 20.8. The standard InChI is InChI=1S/C19H34Br2Si2/c1-7-9-13-22(3,4)16-11-12-18(17(15-16)19(20)21)23(5,6)14-10-8-2/h11-12,15,19H,7-10,13-14H2,1-6H3. The first kappa shape index (κ1) is 21.7. The topological polar surface area (TPSA) is 0 Å². The van der Waals surface area contributed by atoms with Crippen LogP contribution in [0.1, 0.15) is 48.8 Å². The van der Waals surface area contributed by atoms with Gasteiger partial charge in [-0.15, -0.1) is 0 Å². The van der Waals surface area contributed by atoms with Crippen LogP contribution in [0.15, 0.2) is 18.2 Å². The summed E-state index contributed by atoms with van der Waals surface area (Å²) >= 11 is 7.60. The van der Waals surface area contributed by atoms with Crippen molar-refractivity contribution in [2.75, 3.05) is 0 Å². The van der Waals surface area contributed by atoms with E-state index in [1.54, 1.807) is 10.4 Å². The number of halogens is 2. The molecular weight excluding hydrogens is 444 g/mol. The monoisotopic (exact) mass is 476 g/mol. The maximum Gasteiger partial charge on any atom is 0.0945 e. The summed E-state index contributed by atoms with van der Waals surface area (Å²) in [7, 11) is -2.67. The molecule has 1 rings (SSSR count). The Morgan fingerprint density at radius 1 is 0.870 bits per heavy atom. The van der Waals surface area contributed by atoms with Crippen molar-refractivity contribution in [2.24, 2.45) is 0 Å². The summed E-state index contributed by atoms with van der Waals surface area (Å²) in [6.45, 7) is 14.7. The Balaban J connectivity index is 3.21. The molecular formula is C19H34Br2Si2. The van der Waals surface area contributed by atoms with E-state index in [1.807, 2.05) is 0 Å². The minimum atomic E-state index is -1.36. The zero-order valence-electron chi connectivity index (χ0n) is 15.8. The fourth-order valence-corrected chi connectivity index (χ4v) is 10.1. The molecule has 0 bridgehead atoms. The Kier molecular flexibility index (Phi) is 8.80. The molecule has 0 aliphatic heterocycles. The summed E-state index contributed by atoms with van der Waals surface area (Å²) in [5, 5.41) is 3.25.